The van der Waals surface area contributed by atoms with Gasteiger partial charge in [0.1, 0.15) is 17.4 Å². The zero-order valence-corrected chi connectivity index (χ0v) is 17.7. The number of hydrogen-bond donors (Lipinski definition) is 0. The minimum Gasteiger partial charge on any atom is -0.489 e. The lowest BCUT2D eigenvalue weighted by molar-refractivity contribution is 0.0526. The van der Waals surface area contributed by atoms with Crippen LogP contribution in [0, 0.1) is 0 Å². The van der Waals surface area contributed by atoms with Crippen LogP contribution >= 0.6 is 27.3 Å². The van der Waals surface area contributed by atoms with Crippen molar-refractivity contribution < 1.29 is 14.3 Å². The number of aliphatic imine (C=N–C) groups is 1. The van der Waals surface area contributed by atoms with Crippen molar-refractivity contribution in [1.82, 2.24) is 0 Å². The molecule has 0 saturated carbocycles. The van der Waals surface area contributed by atoms with Crippen LogP contribution in [0.4, 0.5) is 5.00 Å². The Bertz CT molecular complexity index is 873. The maximum Gasteiger partial charge on any atom is 0.341 e. The van der Waals surface area contributed by atoms with Gasteiger partial charge in [-0.15, -0.1) is 11.3 Å². The Morgan fingerprint density at radius 1 is 1.37 bits per heavy atom. The lowest BCUT2D eigenvalue weighted by Crippen LogP contribution is -2.09. The normalized spacial score (nSPS) is 13.4. The van der Waals surface area contributed by atoms with Crippen molar-refractivity contribution in [2.45, 2.75) is 32.6 Å². The highest BCUT2D eigenvalue weighted by Crippen LogP contribution is 2.40. The van der Waals surface area contributed by atoms with Crippen LogP contribution in [0.2, 0.25) is 0 Å². The molecule has 1 aromatic carbocycles. The Morgan fingerprint density at radius 3 is 2.96 bits per heavy atom. The molecule has 4 nitrogen and oxygen atoms in total. The number of nitrogens with zero attached hydrogens (tertiary/aromatic N) is 1. The molecule has 0 radical (unpaired) electrons. The Hall–Kier alpha value is -1.92. The summed E-state index contributed by atoms with van der Waals surface area (Å²) in [7, 11) is 0. The molecule has 1 aromatic heterocycles. The number of fused-ring (bicyclic) bond motifs is 1. The van der Waals surface area contributed by atoms with E-state index in [-0.39, 0.29) is 5.97 Å². The van der Waals surface area contributed by atoms with Crippen molar-refractivity contribution in [3.8, 4) is 5.75 Å². The van der Waals surface area contributed by atoms with Crippen LogP contribution in [0.15, 0.2) is 40.3 Å². The first-order valence-electron chi connectivity index (χ1n) is 9.03. The SMILES string of the molecule is C=CCOc1ccc(Br)cc1C=Nc1sc2c(c1C(=O)OCC)CCCC2. The van der Waals surface area contributed by atoms with E-state index in [1.165, 1.54) is 4.88 Å². The number of ether oxygens (including phenoxy) is 2. The first kappa shape index (κ1) is 19.8. The number of aryl methyl sites for hydroxylation is 1. The van der Waals surface area contributed by atoms with Crippen molar-refractivity contribution in [2.75, 3.05) is 13.2 Å². The molecule has 6 heteroatoms. The fourth-order valence-electron chi connectivity index (χ4n) is 3.08. The average Bonchev–Trinajstić information content (AvgIpc) is 3.04. The van der Waals surface area contributed by atoms with E-state index in [0.717, 1.165) is 52.0 Å². The van der Waals surface area contributed by atoms with Gasteiger partial charge in [-0.25, -0.2) is 9.79 Å². The molecule has 2 aromatic rings. The monoisotopic (exact) mass is 447 g/mol. The predicted molar refractivity (Wildman–Crippen MR) is 114 cm³/mol. The van der Waals surface area contributed by atoms with Crippen molar-refractivity contribution in [1.29, 1.82) is 0 Å². The summed E-state index contributed by atoms with van der Waals surface area (Å²) in [6, 6.07) is 5.75. The average molecular weight is 448 g/mol. The number of rotatable bonds is 7. The highest BCUT2D eigenvalue weighted by molar-refractivity contribution is 9.10. The zero-order valence-electron chi connectivity index (χ0n) is 15.3. The molecule has 142 valence electrons. The molecule has 0 bridgehead atoms. The van der Waals surface area contributed by atoms with Gasteiger partial charge < -0.3 is 9.47 Å². The summed E-state index contributed by atoms with van der Waals surface area (Å²) in [5.41, 5.74) is 2.60. The molecule has 0 saturated heterocycles. The maximum atomic E-state index is 12.5. The molecule has 1 heterocycles. The molecular formula is C21H22BrNO3S. The zero-order chi connectivity index (χ0) is 19.2. The minimum atomic E-state index is -0.276. The Morgan fingerprint density at radius 2 is 2.19 bits per heavy atom. The molecule has 0 N–H and O–H groups in total. The number of halogens is 1. The summed E-state index contributed by atoms with van der Waals surface area (Å²) in [6.07, 6.45) is 7.64. The van der Waals surface area contributed by atoms with Gasteiger partial charge in [0.25, 0.3) is 0 Å². The molecule has 0 unspecified atom stereocenters. The van der Waals surface area contributed by atoms with E-state index in [9.17, 15) is 4.79 Å². The third-order valence-electron chi connectivity index (χ3n) is 4.28. The second kappa shape index (κ2) is 9.33. The summed E-state index contributed by atoms with van der Waals surface area (Å²) < 4.78 is 11.9. The fraction of sp³-hybridized carbons (Fsp3) is 0.333. The van der Waals surface area contributed by atoms with Crippen LogP contribution in [0.25, 0.3) is 0 Å². The molecule has 0 amide bonds. The lowest BCUT2D eigenvalue weighted by Gasteiger charge is -2.11. The summed E-state index contributed by atoms with van der Waals surface area (Å²) in [6.45, 7) is 6.29. The topological polar surface area (TPSA) is 47.9 Å². The number of hydrogen-bond acceptors (Lipinski definition) is 5. The Balaban J connectivity index is 1.98. The molecule has 1 aliphatic rings. The van der Waals surface area contributed by atoms with Gasteiger partial charge in [-0.2, -0.15) is 0 Å². The van der Waals surface area contributed by atoms with E-state index < -0.39 is 0 Å². The van der Waals surface area contributed by atoms with Gasteiger partial charge in [-0.1, -0.05) is 28.6 Å². The summed E-state index contributed by atoms with van der Waals surface area (Å²) in [4.78, 5) is 18.5. The van der Waals surface area contributed by atoms with E-state index in [0.29, 0.717) is 18.8 Å². The van der Waals surface area contributed by atoms with Crippen LogP contribution in [0.1, 0.15) is 46.1 Å². The number of thiophene rings is 1. The highest BCUT2D eigenvalue weighted by Gasteiger charge is 2.26. The van der Waals surface area contributed by atoms with Gasteiger partial charge in [0.2, 0.25) is 0 Å². The van der Waals surface area contributed by atoms with Gasteiger partial charge in [0.05, 0.1) is 12.2 Å². The molecule has 0 atom stereocenters. The molecule has 1 aliphatic carbocycles. The van der Waals surface area contributed by atoms with Crippen molar-refractivity contribution in [3.05, 3.63) is 56.9 Å². The summed E-state index contributed by atoms with van der Waals surface area (Å²) in [5, 5.41) is 0.718. The van der Waals surface area contributed by atoms with Crippen molar-refractivity contribution in [2.24, 2.45) is 4.99 Å². The maximum absolute atomic E-state index is 12.5. The third kappa shape index (κ3) is 4.68. The van der Waals surface area contributed by atoms with E-state index >= 15 is 0 Å². The summed E-state index contributed by atoms with van der Waals surface area (Å²) in [5.74, 6) is 0.447. The fourth-order valence-corrected chi connectivity index (χ4v) is 4.68. The van der Waals surface area contributed by atoms with E-state index in [4.69, 9.17) is 9.47 Å². The van der Waals surface area contributed by atoms with Crippen LogP contribution in [0.3, 0.4) is 0 Å². The first-order chi connectivity index (χ1) is 13.1. The number of carbonyl (C=O) groups is 1. The van der Waals surface area contributed by atoms with E-state index in [2.05, 4.69) is 27.5 Å². The molecular weight excluding hydrogens is 426 g/mol. The van der Waals surface area contributed by atoms with Gasteiger partial charge in [0, 0.05) is 21.1 Å². The molecule has 0 spiro atoms. The largest absolute Gasteiger partial charge is 0.489 e. The van der Waals surface area contributed by atoms with E-state index in [1.807, 2.05) is 25.1 Å². The summed E-state index contributed by atoms with van der Waals surface area (Å²) >= 11 is 5.08. The van der Waals surface area contributed by atoms with Crippen molar-refractivity contribution in [3.63, 3.8) is 0 Å². The molecule has 0 fully saturated rings. The second-order valence-electron chi connectivity index (χ2n) is 6.15. The van der Waals surface area contributed by atoms with Crippen LogP contribution in [-0.4, -0.2) is 25.4 Å². The van der Waals surface area contributed by atoms with Crippen molar-refractivity contribution >= 4 is 44.5 Å². The van der Waals surface area contributed by atoms with Gasteiger partial charge in [0.15, 0.2) is 0 Å². The number of carbonyl (C=O) groups excluding carboxylic acids is 1. The van der Waals surface area contributed by atoms with Crippen LogP contribution in [-0.2, 0) is 17.6 Å². The van der Waals surface area contributed by atoms with Crippen LogP contribution < -0.4 is 4.74 Å². The van der Waals surface area contributed by atoms with Gasteiger partial charge >= 0.3 is 5.97 Å². The quantitative estimate of drug-likeness (QED) is 0.302. The predicted octanol–water partition coefficient (Wildman–Crippen LogP) is 5.88. The minimum absolute atomic E-state index is 0.276. The van der Waals surface area contributed by atoms with Gasteiger partial charge in [-0.05, 0) is 56.4 Å². The van der Waals surface area contributed by atoms with Crippen LogP contribution in [0.5, 0.6) is 5.75 Å². The second-order valence-corrected chi connectivity index (χ2v) is 8.15. The number of esters is 1. The lowest BCUT2D eigenvalue weighted by atomic mass is 9.95. The molecule has 27 heavy (non-hydrogen) atoms. The smallest absolute Gasteiger partial charge is 0.341 e. The molecule has 3 rings (SSSR count). The first-order valence-corrected chi connectivity index (χ1v) is 10.6. The highest BCUT2D eigenvalue weighted by atomic mass is 79.9. The van der Waals surface area contributed by atoms with Gasteiger partial charge in [-0.3, -0.25) is 0 Å². The Labute approximate surface area is 172 Å². The number of benzene rings is 1. The third-order valence-corrected chi connectivity index (χ3v) is 5.97. The standard InChI is InChI=1S/C21H22BrNO3S/c1-3-11-26-17-10-9-15(22)12-14(17)13-23-20-19(21(24)25-4-2)16-7-5-6-8-18(16)27-20/h3,9-10,12-13H,1,4-8,11H2,2H3. The molecule has 0 aliphatic heterocycles. The Kier molecular flexibility index (Phi) is 6.85. The van der Waals surface area contributed by atoms with E-state index in [1.54, 1.807) is 23.6 Å².